The van der Waals surface area contributed by atoms with Crippen molar-refractivity contribution in [3.8, 4) is 5.75 Å². The van der Waals surface area contributed by atoms with Crippen LogP contribution in [0.1, 0.15) is 32.6 Å². The zero-order chi connectivity index (χ0) is 16.5. The van der Waals surface area contributed by atoms with Crippen molar-refractivity contribution < 1.29 is 19.4 Å². The Morgan fingerprint density at radius 2 is 2.00 bits per heavy atom. The van der Waals surface area contributed by atoms with Gasteiger partial charge in [-0.3, -0.25) is 9.59 Å². The second kappa shape index (κ2) is 9.54. The number of rotatable bonds is 9. The molecule has 0 aromatic heterocycles. The molecule has 1 unspecified atom stereocenters. The average Bonchev–Trinajstić information content (AvgIpc) is 2.46. The van der Waals surface area contributed by atoms with Gasteiger partial charge in [0.1, 0.15) is 10.8 Å². The van der Waals surface area contributed by atoms with Gasteiger partial charge >= 0.3 is 5.97 Å². The highest BCUT2D eigenvalue weighted by atomic mass is 35.5. The molecule has 0 aliphatic rings. The standard InChI is InChI=1S/C15H19Cl2NO4/c1-10(22-12-7-5-6-11(16)14(12)17)15(21)18-9-4-2-3-8-13(19)20/h5-7,10H,2-4,8-9H2,1H3,(H,18,21)(H,19,20). The van der Waals surface area contributed by atoms with Gasteiger partial charge < -0.3 is 15.2 Å². The fourth-order valence-electron chi connectivity index (χ4n) is 1.75. The van der Waals surface area contributed by atoms with Crippen LogP contribution in [0.15, 0.2) is 18.2 Å². The van der Waals surface area contributed by atoms with Crippen molar-refractivity contribution >= 4 is 35.1 Å². The van der Waals surface area contributed by atoms with E-state index in [0.29, 0.717) is 23.7 Å². The predicted octanol–water partition coefficient (Wildman–Crippen LogP) is 3.52. The van der Waals surface area contributed by atoms with Crippen LogP contribution in [-0.2, 0) is 9.59 Å². The van der Waals surface area contributed by atoms with Crippen molar-refractivity contribution in [2.24, 2.45) is 0 Å². The Morgan fingerprint density at radius 3 is 2.68 bits per heavy atom. The van der Waals surface area contributed by atoms with Crippen molar-refractivity contribution in [3.05, 3.63) is 28.2 Å². The van der Waals surface area contributed by atoms with Crippen LogP contribution < -0.4 is 10.1 Å². The van der Waals surface area contributed by atoms with Gasteiger partial charge in [0.15, 0.2) is 6.10 Å². The molecule has 22 heavy (non-hydrogen) atoms. The summed E-state index contributed by atoms with van der Waals surface area (Å²) in [5, 5.41) is 11.9. The summed E-state index contributed by atoms with van der Waals surface area (Å²) in [4.78, 5) is 22.2. The zero-order valence-corrected chi connectivity index (χ0v) is 13.8. The van der Waals surface area contributed by atoms with Gasteiger partial charge in [0, 0.05) is 13.0 Å². The molecule has 0 aliphatic heterocycles. The fourth-order valence-corrected chi connectivity index (χ4v) is 2.09. The molecule has 1 rings (SSSR count). The van der Waals surface area contributed by atoms with Crippen LogP contribution >= 0.6 is 23.2 Å². The minimum atomic E-state index is -0.801. The molecule has 7 heteroatoms. The highest BCUT2D eigenvalue weighted by molar-refractivity contribution is 6.42. The number of ether oxygens (including phenoxy) is 1. The van der Waals surface area contributed by atoms with Gasteiger partial charge in [0.2, 0.25) is 0 Å². The lowest BCUT2D eigenvalue weighted by Gasteiger charge is -2.16. The van der Waals surface area contributed by atoms with Crippen LogP contribution in [-0.4, -0.2) is 29.6 Å². The summed E-state index contributed by atoms with van der Waals surface area (Å²) in [5.74, 6) is -0.697. The molecule has 1 aromatic rings. The third-order valence-corrected chi connectivity index (χ3v) is 3.76. The number of amides is 1. The molecule has 0 bridgehead atoms. The number of carbonyl (C=O) groups is 2. The molecule has 0 aliphatic carbocycles. The lowest BCUT2D eigenvalue weighted by molar-refractivity contribution is -0.137. The molecular weight excluding hydrogens is 329 g/mol. The molecule has 0 saturated carbocycles. The van der Waals surface area contributed by atoms with Gasteiger partial charge in [-0.15, -0.1) is 0 Å². The van der Waals surface area contributed by atoms with Gasteiger partial charge in [-0.1, -0.05) is 35.7 Å². The zero-order valence-electron chi connectivity index (χ0n) is 12.3. The van der Waals surface area contributed by atoms with E-state index in [0.717, 1.165) is 12.8 Å². The fraction of sp³-hybridized carbons (Fsp3) is 0.467. The molecule has 0 heterocycles. The van der Waals surface area contributed by atoms with Gasteiger partial charge in [-0.2, -0.15) is 0 Å². The molecular formula is C15H19Cl2NO4. The largest absolute Gasteiger partial charge is 0.481 e. The summed E-state index contributed by atoms with van der Waals surface area (Å²) in [5.41, 5.74) is 0. The number of hydrogen-bond donors (Lipinski definition) is 2. The molecule has 122 valence electrons. The van der Waals surface area contributed by atoms with E-state index in [1.807, 2.05) is 0 Å². The first kappa shape index (κ1) is 18.6. The molecule has 0 saturated heterocycles. The quantitative estimate of drug-likeness (QED) is 0.670. The van der Waals surface area contributed by atoms with E-state index in [9.17, 15) is 9.59 Å². The first-order valence-electron chi connectivity index (χ1n) is 7.02. The van der Waals surface area contributed by atoms with E-state index in [1.54, 1.807) is 25.1 Å². The second-order valence-electron chi connectivity index (χ2n) is 4.81. The van der Waals surface area contributed by atoms with E-state index < -0.39 is 12.1 Å². The first-order valence-corrected chi connectivity index (χ1v) is 7.77. The number of carboxylic acids is 1. The molecule has 0 fully saturated rings. The van der Waals surface area contributed by atoms with E-state index >= 15 is 0 Å². The molecule has 0 spiro atoms. The van der Waals surface area contributed by atoms with Crippen molar-refractivity contribution in [3.63, 3.8) is 0 Å². The van der Waals surface area contributed by atoms with E-state index in [-0.39, 0.29) is 17.4 Å². The molecule has 5 nitrogen and oxygen atoms in total. The topological polar surface area (TPSA) is 75.6 Å². The van der Waals surface area contributed by atoms with Gasteiger partial charge in [-0.25, -0.2) is 0 Å². The molecule has 1 atom stereocenters. The third kappa shape index (κ3) is 6.54. The monoisotopic (exact) mass is 347 g/mol. The van der Waals surface area contributed by atoms with Crippen molar-refractivity contribution in [2.75, 3.05) is 6.54 Å². The van der Waals surface area contributed by atoms with E-state index in [2.05, 4.69) is 5.32 Å². The minimum absolute atomic E-state index is 0.153. The smallest absolute Gasteiger partial charge is 0.303 e. The van der Waals surface area contributed by atoms with E-state index in [4.69, 9.17) is 33.0 Å². The van der Waals surface area contributed by atoms with Crippen molar-refractivity contribution in [2.45, 2.75) is 38.7 Å². The Bertz CT molecular complexity index is 522. The Hall–Kier alpha value is -1.46. The predicted molar refractivity (Wildman–Crippen MR) is 85.7 cm³/mol. The van der Waals surface area contributed by atoms with Crippen LogP contribution in [0.2, 0.25) is 10.0 Å². The molecule has 1 amide bonds. The van der Waals surface area contributed by atoms with Gasteiger partial charge in [0.05, 0.1) is 5.02 Å². The summed E-state index contributed by atoms with van der Waals surface area (Å²) >= 11 is 11.9. The lowest BCUT2D eigenvalue weighted by atomic mass is 10.2. The number of hydrogen-bond acceptors (Lipinski definition) is 3. The number of halogens is 2. The number of carbonyl (C=O) groups excluding carboxylic acids is 1. The minimum Gasteiger partial charge on any atom is -0.481 e. The number of nitrogens with one attached hydrogen (secondary N) is 1. The van der Waals surface area contributed by atoms with E-state index in [1.165, 1.54) is 0 Å². The van der Waals surface area contributed by atoms with Crippen LogP contribution in [0.25, 0.3) is 0 Å². The Kier molecular flexibility index (Phi) is 8.06. The average molecular weight is 348 g/mol. The lowest BCUT2D eigenvalue weighted by Crippen LogP contribution is -2.36. The third-order valence-electron chi connectivity index (χ3n) is 2.96. The van der Waals surface area contributed by atoms with Crippen LogP contribution in [0.3, 0.4) is 0 Å². The highest BCUT2D eigenvalue weighted by Gasteiger charge is 2.16. The maximum absolute atomic E-state index is 11.9. The summed E-state index contributed by atoms with van der Waals surface area (Å²) in [6.07, 6.45) is 1.54. The Balaban J connectivity index is 2.30. The highest BCUT2D eigenvalue weighted by Crippen LogP contribution is 2.32. The van der Waals surface area contributed by atoms with Crippen LogP contribution in [0.5, 0.6) is 5.75 Å². The number of unbranched alkanes of at least 4 members (excludes halogenated alkanes) is 2. The Morgan fingerprint density at radius 1 is 1.27 bits per heavy atom. The summed E-state index contributed by atoms with van der Waals surface area (Å²) in [6.45, 7) is 2.10. The van der Waals surface area contributed by atoms with Gasteiger partial charge in [-0.05, 0) is 31.9 Å². The van der Waals surface area contributed by atoms with Gasteiger partial charge in [0.25, 0.3) is 5.91 Å². The van der Waals surface area contributed by atoms with Crippen molar-refractivity contribution in [1.82, 2.24) is 5.32 Å². The van der Waals surface area contributed by atoms with Crippen LogP contribution in [0.4, 0.5) is 0 Å². The van der Waals surface area contributed by atoms with Crippen LogP contribution in [0, 0.1) is 0 Å². The Labute approximate surface area is 139 Å². The van der Waals surface area contributed by atoms with Crippen molar-refractivity contribution in [1.29, 1.82) is 0 Å². The first-order chi connectivity index (χ1) is 10.4. The summed E-state index contributed by atoms with van der Waals surface area (Å²) in [6, 6.07) is 4.97. The maximum Gasteiger partial charge on any atom is 0.303 e. The number of benzene rings is 1. The molecule has 2 N–H and O–H groups in total. The second-order valence-corrected chi connectivity index (χ2v) is 5.59. The molecule has 1 aromatic carbocycles. The normalized spacial score (nSPS) is 11.8. The number of aliphatic carboxylic acids is 1. The molecule has 0 radical (unpaired) electrons. The number of carboxylic acid groups (broad SMARTS) is 1. The maximum atomic E-state index is 11.9. The summed E-state index contributed by atoms with van der Waals surface area (Å²) < 4.78 is 5.49. The summed E-state index contributed by atoms with van der Waals surface area (Å²) in [7, 11) is 0. The SMILES string of the molecule is CC(Oc1cccc(Cl)c1Cl)C(=O)NCCCCCC(=O)O.